The van der Waals surface area contributed by atoms with E-state index in [2.05, 4.69) is 26.1 Å². The highest BCUT2D eigenvalue weighted by Gasteiger charge is 2.24. The van der Waals surface area contributed by atoms with Crippen molar-refractivity contribution >= 4 is 27.3 Å². The van der Waals surface area contributed by atoms with E-state index in [1.165, 1.54) is 24.8 Å². The Labute approximate surface area is 228 Å². The fraction of sp³-hybridized carbons (Fsp3) is 0.321. The summed E-state index contributed by atoms with van der Waals surface area (Å²) in [5.41, 5.74) is 2.01. The fourth-order valence-electron chi connectivity index (χ4n) is 3.78. The molecular formula is C28H33N3O7S. The molecule has 0 atom stereocenters. The van der Waals surface area contributed by atoms with Gasteiger partial charge in [-0.3, -0.25) is 19.2 Å². The summed E-state index contributed by atoms with van der Waals surface area (Å²) in [5.74, 6) is 0.598. The number of rotatable bonds is 11. The number of hydrogen-bond acceptors (Lipinski definition) is 7. The van der Waals surface area contributed by atoms with Crippen molar-refractivity contribution in [3.05, 3.63) is 93.5 Å². The molecule has 0 aliphatic carbocycles. The van der Waals surface area contributed by atoms with Crippen molar-refractivity contribution in [1.29, 1.82) is 0 Å². The molecule has 39 heavy (non-hydrogen) atoms. The van der Waals surface area contributed by atoms with Crippen molar-refractivity contribution in [2.75, 3.05) is 30.8 Å². The second-order valence-corrected chi connectivity index (χ2v) is 11.9. The maximum absolute atomic E-state index is 12.6. The molecule has 3 aromatic carbocycles. The van der Waals surface area contributed by atoms with E-state index >= 15 is 0 Å². The molecule has 3 aromatic rings. The number of amides is 1. The van der Waals surface area contributed by atoms with Crippen molar-refractivity contribution < 1.29 is 27.6 Å². The predicted molar refractivity (Wildman–Crippen MR) is 150 cm³/mol. The van der Waals surface area contributed by atoms with Gasteiger partial charge >= 0.3 is 0 Å². The van der Waals surface area contributed by atoms with E-state index in [1.54, 1.807) is 24.3 Å². The zero-order chi connectivity index (χ0) is 28.8. The number of nitro groups is 1. The second-order valence-electron chi connectivity index (χ2n) is 9.96. The molecule has 11 heteroatoms. The lowest BCUT2D eigenvalue weighted by Gasteiger charge is -2.24. The standard InChI is InChI=1S/C28H33N3O7S/c1-28(2,3)22-10-13-24(14-11-22)38-17-16-29-27(32)21-8-6-20(7-9-21)19-30(39(5,35)36)25-18-23(31(33)34)12-15-26(25)37-4/h6-15,18H,16-17,19H2,1-5H3,(H,29,32). The molecule has 3 rings (SSSR count). The van der Waals surface area contributed by atoms with E-state index < -0.39 is 14.9 Å². The molecule has 0 radical (unpaired) electrons. The summed E-state index contributed by atoms with van der Waals surface area (Å²) < 4.78 is 37.2. The van der Waals surface area contributed by atoms with E-state index in [-0.39, 0.29) is 35.0 Å². The number of hydrogen-bond donors (Lipinski definition) is 1. The predicted octanol–water partition coefficient (Wildman–Crippen LogP) is 4.68. The van der Waals surface area contributed by atoms with Crippen LogP contribution in [0.25, 0.3) is 0 Å². The second kappa shape index (κ2) is 12.2. The molecule has 0 fully saturated rings. The average molecular weight is 556 g/mol. The molecule has 0 unspecified atom stereocenters. The number of sulfonamides is 1. The number of nitrogens with zero attached hydrogens (tertiary/aromatic N) is 2. The summed E-state index contributed by atoms with van der Waals surface area (Å²) in [4.78, 5) is 23.2. The molecule has 0 saturated carbocycles. The maximum Gasteiger partial charge on any atom is 0.271 e. The van der Waals surface area contributed by atoms with Crippen LogP contribution in [0.4, 0.5) is 11.4 Å². The van der Waals surface area contributed by atoms with Crippen LogP contribution < -0.4 is 19.1 Å². The van der Waals surface area contributed by atoms with Crippen molar-refractivity contribution in [3.8, 4) is 11.5 Å². The average Bonchev–Trinajstić information content (AvgIpc) is 2.88. The Bertz CT molecular complexity index is 1420. The number of nitro benzene ring substituents is 1. The van der Waals surface area contributed by atoms with Crippen LogP contribution in [0.3, 0.4) is 0 Å². The Morgan fingerprint density at radius 2 is 1.67 bits per heavy atom. The zero-order valence-corrected chi connectivity index (χ0v) is 23.4. The molecule has 0 spiro atoms. The Hall–Kier alpha value is -4.12. The topological polar surface area (TPSA) is 128 Å². The highest BCUT2D eigenvalue weighted by Crippen LogP contribution is 2.34. The molecule has 0 aromatic heterocycles. The molecule has 1 N–H and O–H groups in total. The minimum atomic E-state index is -3.83. The van der Waals surface area contributed by atoms with Crippen LogP contribution in [0.2, 0.25) is 0 Å². The third-order valence-electron chi connectivity index (χ3n) is 5.96. The van der Waals surface area contributed by atoms with E-state index in [0.29, 0.717) is 24.3 Å². The van der Waals surface area contributed by atoms with Gasteiger partial charge in [0, 0.05) is 17.7 Å². The van der Waals surface area contributed by atoms with Gasteiger partial charge in [-0.2, -0.15) is 0 Å². The summed E-state index contributed by atoms with van der Waals surface area (Å²) in [6.07, 6.45) is 1.01. The summed E-state index contributed by atoms with van der Waals surface area (Å²) in [5, 5.41) is 14.0. The number of carbonyl (C=O) groups is 1. The van der Waals surface area contributed by atoms with E-state index in [9.17, 15) is 23.3 Å². The number of nitrogens with one attached hydrogen (secondary N) is 1. The SMILES string of the molecule is COc1ccc([N+](=O)[O-])cc1N(Cc1ccc(C(=O)NCCOc2ccc(C(C)(C)C)cc2)cc1)S(C)(=O)=O. The Kier molecular flexibility index (Phi) is 9.18. The van der Waals surface area contributed by atoms with Gasteiger partial charge in [-0.05, 0) is 46.9 Å². The highest BCUT2D eigenvalue weighted by molar-refractivity contribution is 7.92. The van der Waals surface area contributed by atoms with Crippen molar-refractivity contribution in [2.45, 2.75) is 32.7 Å². The molecule has 0 aliphatic heterocycles. The van der Waals surface area contributed by atoms with E-state index in [4.69, 9.17) is 9.47 Å². The summed E-state index contributed by atoms with van der Waals surface area (Å²) in [7, 11) is -2.47. The van der Waals surface area contributed by atoms with Crippen molar-refractivity contribution in [3.63, 3.8) is 0 Å². The minimum absolute atomic E-state index is 0.0454. The van der Waals surface area contributed by atoms with Gasteiger partial charge in [-0.1, -0.05) is 45.0 Å². The first-order valence-electron chi connectivity index (χ1n) is 12.2. The Morgan fingerprint density at radius 1 is 1.03 bits per heavy atom. The van der Waals surface area contributed by atoms with Gasteiger partial charge in [0.15, 0.2) is 0 Å². The fourth-order valence-corrected chi connectivity index (χ4v) is 4.67. The summed E-state index contributed by atoms with van der Waals surface area (Å²) in [6.45, 7) is 6.91. The molecule has 0 saturated heterocycles. The first-order chi connectivity index (χ1) is 18.3. The first kappa shape index (κ1) is 29.4. The van der Waals surface area contributed by atoms with Crippen LogP contribution in [0.5, 0.6) is 11.5 Å². The maximum atomic E-state index is 12.6. The third-order valence-corrected chi connectivity index (χ3v) is 7.09. The van der Waals surface area contributed by atoms with Crippen LogP contribution >= 0.6 is 0 Å². The van der Waals surface area contributed by atoms with Crippen LogP contribution in [0.15, 0.2) is 66.7 Å². The summed E-state index contributed by atoms with van der Waals surface area (Å²) >= 11 is 0. The third kappa shape index (κ3) is 7.93. The minimum Gasteiger partial charge on any atom is -0.495 e. The van der Waals surface area contributed by atoms with Crippen LogP contribution in [-0.2, 0) is 22.0 Å². The number of ether oxygens (including phenoxy) is 2. The van der Waals surface area contributed by atoms with Gasteiger partial charge in [-0.25, -0.2) is 8.42 Å². The number of non-ortho nitro benzene ring substituents is 1. The van der Waals surface area contributed by atoms with Gasteiger partial charge in [0.1, 0.15) is 23.8 Å². The van der Waals surface area contributed by atoms with Crippen molar-refractivity contribution in [1.82, 2.24) is 5.32 Å². The van der Waals surface area contributed by atoms with Gasteiger partial charge in [0.05, 0.1) is 31.4 Å². The van der Waals surface area contributed by atoms with Gasteiger partial charge in [-0.15, -0.1) is 0 Å². The molecule has 0 heterocycles. The normalized spacial score (nSPS) is 11.5. The number of methoxy groups -OCH3 is 1. The van der Waals surface area contributed by atoms with Crippen LogP contribution in [0, 0.1) is 10.1 Å². The van der Waals surface area contributed by atoms with E-state index in [0.717, 1.165) is 22.4 Å². The zero-order valence-electron chi connectivity index (χ0n) is 22.6. The Balaban J connectivity index is 1.62. The number of carbonyl (C=O) groups excluding carboxylic acids is 1. The quantitative estimate of drug-likeness (QED) is 0.207. The van der Waals surface area contributed by atoms with Gasteiger partial charge in [0.2, 0.25) is 10.0 Å². The highest BCUT2D eigenvalue weighted by atomic mass is 32.2. The lowest BCUT2D eigenvalue weighted by Crippen LogP contribution is -2.30. The number of anilines is 1. The number of benzene rings is 3. The molecule has 208 valence electrons. The van der Waals surface area contributed by atoms with E-state index in [1.807, 2.05) is 24.3 Å². The van der Waals surface area contributed by atoms with Crippen molar-refractivity contribution in [2.24, 2.45) is 0 Å². The largest absolute Gasteiger partial charge is 0.495 e. The lowest BCUT2D eigenvalue weighted by molar-refractivity contribution is -0.384. The molecular weight excluding hydrogens is 522 g/mol. The van der Waals surface area contributed by atoms with Gasteiger partial charge < -0.3 is 14.8 Å². The Morgan fingerprint density at radius 3 is 2.21 bits per heavy atom. The molecule has 10 nitrogen and oxygen atoms in total. The lowest BCUT2D eigenvalue weighted by atomic mass is 9.87. The molecule has 0 bridgehead atoms. The molecule has 1 amide bonds. The van der Waals surface area contributed by atoms with Crippen LogP contribution in [0.1, 0.15) is 42.3 Å². The summed E-state index contributed by atoms with van der Waals surface area (Å²) in [6, 6.07) is 18.0. The molecule has 0 aliphatic rings. The monoisotopic (exact) mass is 555 g/mol. The smallest absolute Gasteiger partial charge is 0.271 e. The van der Waals surface area contributed by atoms with Gasteiger partial charge in [0.25, 0.3) is 11.6 Å². The first-order valence-corrected chi connectivity index (χ1v) is 14.0. The van der Waals surface area contributed by atoms with Crippen LogP contribution in [-0.4, -0.2) is 45.8 Å².